The predicted octanol–water partition coefficient (Wildman–Crippen LogP) is 0.531. The van der Waals surface area contributed by atoms with Gasteiger partial charge in [-0.3, -0.25) is 4.79 Å². The molecule has 1 aliphatic rings. The molecule has 0 radical (unpaired) electrons. The summed E-state index contributed by atoms with van der Waals surface area (Å²) in [5.41, 5.74) is 0. The second kappa shape index (κ2) is 7.23. The maximum atomic E-state index is 11.8. The molecule has 2 heterocycles. The van der Waals surface area contributed by atoms with Crippen LogP contribution in [0, 0.1) is 0 Å². The predicted molar refractivity (Wildman–Crippen MR) is 84.5 cm³/mol. The summed E-state index contributed by atoms with van der Waals surface area (Å²) in [6.45, 7) is 4.20. The van der Waals surface area contributed by atoms with Gasteiger partial charge < -0.3 is 10.6 Å². The van der Waals surface area contributed by atoms with E-state index < -0.39 is 9.84 Å². The Morgan fingerprint density at radius 2 is 2.33 bits per heavy atom. The Labute approximate surface area is 131 Å². The monoisotopic (exact) mass is 348 g/mol. The fourth-order valence-corrected chi connectivity index (χ4v) is 5.05. The van der Waals surface area contributed by atoms with Crippen LogP contribution in [0.15, 0.2) is 17.0 Å². The largest absolute Gasteiger partial charge is 0.357 e. The van der Waals surface area contributed by atoms with E-state index in [4.69, 9.17) is 0 Å². The normalized spacial score (nSPS) is 20.1. The van der Waals surface area contributed by atoms with Gasteiger partial charge in [0.15, 0.2) is 14.2 Å². The van der Waals surface area contributed by atoms with E-state index in [1.165, 1.54) is 23.1 Å². The number of hydrogen-bond donors (Lipinski definition) is 2. The van der Waals surface area contributed by atoms with Crippen LogP contribution in [-0.2, 0) is 14.6 Å². The van der Waals surface area contributed by atoms with Gasteiger partial charge in [0, 0.05) is 12.6 Å². The van der Waals surface area contributed by atoms with Crippen molar-refractivity contribution in [2.45, 2.75) is 16.8 Å². The number of carbonyl (C=O) groups excluding carboxylic acids is 1. The summed E-state index contributed by atoms with van der Waals surface area (Å²) in [4.78, 5) is 11.8. The SMILES string of the molecule is C=CCNc1nnc(SCC(=O)N[C@H]2CCS(=O)(=O)C2)s1. The van der Waals surface area contributed by atoms with Crippen molar-refractivity contribution < 1.29 is 13.2 Å². The molecule has 2 N–H and O–H groups in total. The lowest BCUT2D eigenvalue weighted by Gasteiger charge is -2.09. The van der Waals surface area contributed by atoms with E-state index in [1.807, 2.05) is 0 Å². The third-order valence-corrected chi connectivity index (χ3v) is 6.51. The highest BCUT2D eigenvalue weighted by atomic mass is 32.2. The molecule has 0 spiro atoms. The van der Waals surface area contributed by atoms with Crippen LogP contribution in [0.2, 0.25) is 0 Å². The first kappa shape index (κ1) is 16.2. The van der Waals surface area contributed by atoms with Crippen LogP contribution >= 0.6 is 23.1 Å². The Balaban J connectivity index is 1.74. The number of sulfone groups is 1. The molecule has 7 nitrogen and oxygen atoms in total. The molecule has 0 unspecified atom stereocenters. The van der Waals surface area contributed by atoms with Gasteiger partial charge in [-0.25, -0.2) is 8.42 Å². The number of carbonyl (C=O) groups is 1. The van der Waals surface area contributed by atoms with Crippen LogP contribution < -0.4 is 10.6 Å². The maximum Gasteiger partial charge on any atom is 0.230 e. The molecule has 1 atom stereocenters. The summed E-state index contributed by atoms with van der Waals surface area (Å²) in [5.74, 6) is 0.211. The topological polar surface area (TPSA) is 101 Å². The first-order valence-electron chi connectivity index (χ1n) is 6.29. The first-order chi connectivity index (χ1) is 9.98. The van der Waals surface area contributed by atoms with Crippen molar-refractivity contribution in [2.24, 2.45) is 0 Å². The molecule has 1 amide bonds. The van der Waals surface area contributed by atoms with Gasteiger partial charge in [-0.05, 0) is 6.42 Å². The number of rotatable bonds is 7. The quantitative estimate of drug-likeness (QED) is 0.547. The standard InChI is InChI=1S/C11H16N4O3S3/c1-2-4-12-10-14-15-11(20-10)19-6-9(16)13-8-3-5-21(17,18)7-8/h2,8H,1,3-7H2,(H,12,14)(H,13,16)/t8-/m0/s1. The van der Waals surface area contributed by atoms with E-state index >= 15 is 0 Å². The van der Waals surface area contributed by atoms with Gasteiger partial charge in [-0.2, -0.15) is 0 Å². The van der Waals surface area contributed by atoms with E-state index in [9.17, 15) is 13.2 Å². The van der Waals surface area contributed by atoms with Crippen molar-refractivity contribution in [1.82, 2.24) is 15.5 Å². The van der Waals surface area contributed by atoms with Gasteiger partial charge in [-0.1, -0.05) is 29.2 Å². The number of nitrogens with zero attached hydrogens (tertiary/aromatic N) is 2. The smallest absolute Gasteiger partial charge is 0.230 e. The van der Waals surface area contributed by atoms with Crippen LogP contribution in [0.3, 0.4) is 0 Å². The van der Waals surface area contributed by atoms with Crippen molar-refractivity contribution in [3.8, 4) is 0 Å². The zero-order chi connectivity index (χ0) is 15.3. The molecule has 0 aromatic carbocycles. The van der Waals surface area contributed by atoms with E-state index in [2.05, 4.69) is 27.4 Å². The highest BCUT2D eigenvalue weighted by molar-refractivity contribution is 8.01. The molecule has 1 aromatic heterocycles. The Kier molecular flexibility index (Phi) is 5.59. The zero-order valence-corrected chi connectivity index (χ0v) is 13.7. The molecule has 2 rings (SSSR count). The van der Waals surface area contributed by atoms with Crippen LogP contribution in [0.5, 0.6) is 0 Å². The molecule has 116 valence electrons. The van der Waals surface area contributed by atoms with E-state index in [-0.39, 0.29) is 29.2 Å². The highest BCUT2D eigenvalue weighted by Gasteiger charge is 2.28. The van der Waals surface area contributed by atoms with E-state index in [0.29, 0.717) is 22.4 Å². The van der Waals surface area contributed by atoms with Crippen LogP contribution in [0.1, 0.15) is 6.42 Å². The number of hydrogen-bond acceptors (Lipinski definition) is 8. The van der Waals surface area contributed by atoms with Gasteiger partial charge in [0.05, 0.1) is 17.3 Å². The van der Waals surface area contributed by atoms with Crippen molar-refractivity contribution in [2.75, 3.05) is 29.1 Å². The lowest BCUT2D eigenvalue weighted by atomic mass is 10.3. The van der Waals surface area contributed by atoms with Gasteiger partial charge >= 0.3 is 0 Å². The summed E-state index contributed by atoms with van der Waals surface area (Å²) >= 11 is 2.65. The van der Waals surface area contributed by atoms with Crippen molar-refractivity contribution in [3.63, 3.8) is 0 Å². The second-order valence-corrected chi connectivity index (χ2v) is 8.93. The third kappa shape index (κ3) is 5.29. The van der Waals surface area contributed by atoms with E-state index in [1.54, 1.807) is 6.08 Å². The molecule has 1 aliphatic heterocycles. The minimum Gasteiger partial charge on any atom is -0.357 e. The third-order valence-electron chi connectivity index (χ3n) is 2.73. The molecule has 0 saturated carbocycles. The maximum absolute atomic E-state index is 11.8. The first-order valence-corrected chi connectivity index (χ1v) is 9.92. The Bertz CT molecular complexity index is 614. The number of nitrogens with one attached hydrogen (secondary N) is 2. The van der Waals surface area contributed by atoms with Crippen LogP contribution in [-0.4, -0.2) is 54.4 Å². The summed E-state index contributed by atoms with van der Waals surface area (Å²) in [6, 6.07) is -0.262. The molecule has 0 aliphatic carbocycles. The van der Waals surface area contributed by atoms with Gasteiger partial charge in [-0.15, -0.1) is 16.8 Å². The summed E-state index contributed by atoms with van der Waals surface area (Å²) in [6.07, 6.45) is 2.21. The summed E-state index contributed by atoms with van der Waals surface area (Å²) in [7, 11) is -2.97. The summed E-state index contributed by atoms with van der Waals surface area (Å²) in [5, 5.41) is 14.3. The van der Waals surface area contributed by atoms with Crippen LogP contribution in [0.4, 0.5) is 5.13 Å². The van der Waals surface area contributed by atoms with Crippen molar-refractivity contribution in [3.05, 3.63) is 12.7 Å². The average Bonchev–Trinajstić information content (AvgIpc) is 3.00. The van der Waals surface area contributed by atoms with Gasteiger partial charge in [0.2, 0.25) is 11.0 Å². The Morgan fingerprint density at radius 1 is 1.52 bits per heavy atom. The number of thioether (sulfide) groups is 1. The number of aromatic nitrogens is 2. The zero-order valence-electron chi connectivity index (χ0n) is 11.2. The highest BCUT2D eigenvalue weighted by Crippen LogP contribution is 2.25. The molecule has 10 heteroatoms. The summed E-state index contributed by atoms with van der Waals surface area (Å²) < 4.78 is 23.3. The van der Waals surface area contributed by atoms with Crippen molar-refractivity contribution >= 4 is 44.0 Å². The molecular formula is C11H16N4O3S3. The minimum atomic E-state index is -2.97. The molecule has 1 saturated heterocycles. The molecular weight excluding hydrogens is 332 g/mol. The molecule has 21 heavy (non-hydrogen) atoms. The average molecular weight is 348 g/mol. The van der Waals surface area contributed by atoms with Gasteiger partial charge in [0.1, 0.15) is 0 Å². The number of anilines is 1. The lowest BCUT2D eigenvalue weighted by molar-refractivity contribution is -0.119. The Morgan fingerprint density at radius 3 is 3.00 bits per heavy atom. The fraction of sp³-hybridized carbons (Fsp3) is 0.545. The van der Waals surface area contributed by atoms with Gasteiger partial charge in [0.25, 0.3) is 0 Å². The Hall–Kier alpha value is -1.13. The minimum absolute atomic E-state index is 0.0395. The fourth-order valence-electron chi connectivity index (χ4n) is 1.80. The van der Waals surface area contributed by atoms with E-state index in [0.717, 1.165) is 0 Å². The molecule has 1 aromatic rings. The van der Waals surface area contributed by atoms with Crippen LogP contribution in [0.25, 0.3) is 0 Å². The molecule has 1 fully saturated rings. The number of amides is 1. The molecule has 0 bridgehead atoms. The second-order valence-electron chi connectivity index (χ2n) is 4.50. The van der Waals surface area contributed by atoms with Crippen molar-refractivity contribution in [1.29, 1.82) is 0 Å². The lowest BCUT2D eigenvalue weighted by Crippen LogP contribution is -2.36.